The molecule has 0 saturated carbocycles. The number of carbonyl (C=O) groups excluding carboxylic acids is 1. The maximum Gasteiger partial charge on any atom is 0.411 e. The molecule has 1 aliphatic rings. The molecule has 1 aromatic rings. The lowest BCUT2D eigenvalue weighted by Crippen LogP contribution is -2.60. The SMILES string of the molecule is CC(C)(C)[C@@]1(C(=O)O)CCCN1C(=O)OCc1ccccc1. The van der Waals surface area contributed by atoms with Crippen LogP contribution in [0.1, 0.15) is 39.2 Å². The van der Waals surface area contributed by atoms with E-state index in [1.807, 2.05) is 51.1 Å². The first-order valence-corrected chi connectivity index (χ1v) is 7.51. The summed E-state index contributed by atoms with van der Waals surface area (Å²) in [6.07, 6.45) is 0.565. The Bertz CT molecular complexity index is 550. The van der Waals surface area contributed by atoms with Gasteiger partial charge in [0.25, 0.3) is 0 Å². The van der Waals surface area contributed by atoms with Gasteiger partial charge >= 0.3 is 12.1 Å². The van der Waals surface area contributed by atoms with Crippen LogP contribution in [-0.4, -0.2) is 34.2 Å². The molecular formula is C17H23NO4. The number of benzene rings is 1. The number of aliphatic carboxylic acids is 1. The average molecular weight is 305 g/mol. The van der Waals surface area contributed by atoms with Gasteiger partial charge in [0.15, 0.2) is 0 Å². The second kappa shape index (κ2) is 5.99. The molecule has 1 fully saturated rings. The minimum absolute atomic E-state index is 0.149. The van der Waals surface area contributed by atoms with Gasteiger partial charge in [-0.1, -0.05) is 51.1 Å². The van der Waals surface area contributed by atoms with E-state index in [0.717, 1.165) is 5.56 Å². The molecule has 1 aliphatic heterocycles. The number of nitrogens with zero attached hydrogens (tertiary/aromatic N) is 1. The van der Waals surface area contributed by atoms with E-state index in [4.69, 9.17) is 4.74 Å². The van der Waals surface area contributed by atoms with Crippen LogP contribution in [0.3, 0.4) is 0 Å². The van der Waals surface area contributed by atoms with E-state index in [2.05, 4.69) is 0 Å². The minimum atomic E-state index is -1.21. The van der Waals surface area contributed by atoms with Gasteiger partial charge in [-0.2, -0.15) is 0 Å². The first kappa shape index (κ1) is 16.3. The zero-order chi connectivity index (χ0) is 16.4. The lowest BCUT2D eigenvalue weighted by Gasteiger charge is -2.43. The Morgan fingerprint density at radius 3 is 2.45 bits per heavy atom. The Labute approximate surface area is 130 Å². The fourth-order valence-corrected chi connectivity index (χ4v) is 3.19. The van der Waals surface area contributed by atoms with Crippen LogP contribution in [0, 0.1) is 5.41 Å². The van der Waals surface area contributed by atoms with Gasteiger partial charge < -0.3 is 9.84 Å². The highest BCUT2D eigenvalue weighted by Crippen LogP contribution is 2.44. The highest BCUT2D eigenvalue weighted by Gasteiger charge is 2.58. The molecule has 5 nitrogen and oxygen atoms in total. The van der Waals surface area contributed by atoms with E-state index in [-0.39, 0.29) is 6.61 Å². The molecule has 1 amide bonds. The molecule has 1 aromatic carbocycles. The van der Waals surface area contributed by atoms with Crippen LogP contribution in [0.4, 0.5) is 4.79 Å². The first-order valence-electron chi connectivity index (χ1n) is 7.51. The number of carbonyl (C=O) groups is 2. The fourth-order valence-electron chi connectivity index (χ4n) is 3.19. The normalized spacial score (nSPS) is 21.7. The molecule has 0 aromatic heterocycles. The third kappa shape index (κ3) is 2.80. The number of likely N-dealkylation sites (tertiary alicyclic amines) is 1. The van der Waals surface area contributed by atoms with Crippen molar-refractivity contribution < 1.29 is 19.4 Å². The van der Waals surface area contributed by atoms with E-state index in [9.17, 15) is 14.7 Å². The first-order chi connectivity index (χ1) is 10.3. The average Bonchev–Trinajstić information content (AvgIpc) is 2.91. The van der Waals surface area contributed by atoms with Crippen molar-refractivity contribution in [2.24, 2.45) is 5.41 Å². The minimum Gasteiger partial charge on any atom is -0.479 e. The fraction of sp³-hybridized carbons (Fsp3) is 0.529. The van der Waals surface area contributed by atoms with Crippen LogP contribution in [0.25, 0.3) is 0 Å². The van der Waals surface area contributed by atoms with E-state index in [0.29, 0.717) is 19.4 Å². The summed E-state index contributed by atoms with van der Waals surface area (Å²) >= 11 is 0. The number of ether oxygens (including phenoxy) is 1. The maximum atomic E-state index is 12.4. The molecular weight excluding hydrogens is 282 g/mol. The lowest BCUT2D eigenvalue weighted by atomic mass is 9.72. The monoisotopic (exact) mass is 305 g/mol. The predicted octanol–water partition coefficient (Wildman–Crippen LogP) is 3.29. The van der Waals surface area contributed by atoms with Crippen molar-refractivity contribution in [3.63, 3.8) is 0 Å². The van der Waals surface area contributed by atoms with Gasteiger partial charge in [0, 0.05) is 6.54 Å². The summed E-state index contributed by atoms with van der Waals surface area (Å²) in [7, 11) is 0. The van der Waals surface area contributed by atoms with Crippen molar-refractivity contribution in [3.05, 3.63) is 35.9 Å². The summed E-state index contributed by atoms with van der Waals surface area (Å²) in [4.78, 5) is 25.7. The third-order valence-electron chi connectivity index (χ3n) is 4.40. The Kier molecular flexibility index (Phi) is 4.44. The Balaban J connectivity index is 2.15. The second-order valence-electron chi connectivity index (χ2n) is 6.71. The van der Waals surface area contributed by atoms with E-state index in [1.54, 1.807) is 0 Å². The van der Waals surface area contributed by atoms with Crippen molar-refractivity contribution in [2.45, 2.75) is 45.8 Å². The largest absolute Gasteiger partial charge is 0.479 e. The molecule has 120 valence electrons. The van der Waals surface area contributed by atoms with Crippen LogP contribution in [-0.2, 0) is 16.1 Å². The van der Waals surface area contributed by atoms with E-state index in [1.165, 1.54) is 4.90 Å². The summed E-state index contributed by atoms with van der Waals surface area (Å²) in [5.41, 5.74) is -0.895. The lowest BCUT2D eigenvalue weighted by molar-refractivity contribution is -0.156. The Morgan fingerprint density at radius 1 is 1.27 bits per heavy atom. The molecule has 1 saturated heterocycles. The molecule has 0 spiro atoms. The number of carboxylic acid groups (broad SMARTS) is 1. The van der Waals surface area contributed by atoms with Gasteiger partial charge in [-0.25, -0.2) is 9.59 Å². The number of hydrogen-bond donors (Lipinski definition) is 1. The molecule has 22 heavy (non-hydrogen) atoms. The van der Waals surface area contributed by atoms with Crippen LogP contribution in [0.5, 0.6) is 0 Å². The zero-order valence-electron chi connectivity index (χ0n) is 13.3. The van der Waals surface area contributed by atoms with Gasteiger partial charge in [0.1, 0.15) is 12.1 Å². The molecule has 5 heteroatoms. The quantitative estimate of drug-likeness (QED) is 0.930. The van der Waals surface area contributed by atoms with Gasteiger partial charge in [-0.15, -0.1) is 0 Å². The third-order valence-corrected chi connectivity index (χ3v) is 4.40. The van der Waals surface area contributed by atoms with Gasteiger partial charge in [0.05, 0.1) is 0 Å². The van der Waals surface area contributed by atoms with E-state index < -0.39 is 23.0 Å². The molecule has 1 atom stereocenters. The van der Waals surface area contributed by atoms with Gasteiger partial charge in [0.2, 0.25) is 0 Å². The number of rotatable bonds is 3. The molecule has 0 unspecified atom stereocenters. The Morgan fingerprint density at radius 2 is 1.91 bits per heavy atom. The standard InChI is InChI=1S/C17H23NO4/c1-16(2,3)17(14(19)20)10-7-11-18(17)15(21)22-12-13-8-5-4-6-9-13/h4-6,8-9H,7,10-12H2,1-3H3,(H,19,20)/t17-/m0/s1. The molecule has 1 heterocycles. The van der Waals surface area contributed by atoms with Crippen LogP contribution < -0.4 is 0 Å². The molecule has 2 rings (SSSR count). The summed E-state index contributed by atoms with van der Waals surface area (Å²) in [5.74, 6) is -0.964. The van der Waals surface area contributed by atoms with Crippen LogP contribution in [0.2, 0.25) is 0 Å². The zero-order valence-corrected chi connectivity index (χ0v) is 13.3. The topological polar surface area (TPSA) is 66.8 Å². The number of amides is 1. The maximum absolute atomic E-state index is 12.4. The molecule has 0 radical (unpaired) electrons. The summed E-state index contributed by atoms with van der Waals surface area (Å²) in [6.45, 7) is 6.12. The summed E-state index contributed by atoms with van der Waals surface area (Å²) in [5, 5.41) is 9.75. The second-order valence-corrected chi connectivity index (χ2v) is 6.71. The van der Waals surface area contributed by atoms with Crippen LogP contribution in [0.15, 0.2) is 30.3 Å². The van der Waals surface area contributed by atoms with Gasteiger partial charge in [-0.05, 0) is 23.8 Å². The summed E-state index contributed by atoms with van der Waals surface area (Å²) < 4.78 is 5.34. The van der Waals surface area contributed by atoms with Crippen molar-refractivity contribution in [1.29, 1.82) is 0 Å². The molecule has 0 aliphatic carbocycles. The highest BCUT2D eigenvalue weighted by atomic mass is 16.6. The molecule has 1 N–H and O–H groups in total. The smallest absolute Gasteiger partial charge is 0.411 e. The predicted molar refractivity (Wildman–Crippen MR) is 82.4 cm³/mol. The van der Waals surface area contributed by atoms with Crippen molar-refractivity contribution in [2.75, 3.05) is 6.54 Å². The number of hydrogen-bond acceptors (Lipinski definition) is 3. The van der Waals surface area contributed by atoms with Crippen molar-refractivity contribution in [3.8, 4) is 0 Å². The Hall–Kier alpha value is -2.04. The van der Waals surface area contributed by atoms with Crippen molar-refractivity contribution in [1.82, 2.24) is 4.90 Å². The molecule has 0 bridgehead atoms. The highest BCUT2D eigenvalue weighted by molar-refractivity contribution is 5.86. The summed E-state index contributed by atoms with van der Waals surface area (Å²) in [6, 6.07) is 9.36. The van der Waals surface area contributed by atoms with Crippen molar-refractivity contribution >= 4 is 12.1 Å². The van der Waals surface area contributed by atoms with E-state index >= 15 is 0 Å². The van der Waals surface area contributed by atoms with Gasteiger partial charge in [-0.3, -0.25) is 4.90 Å². The number of carboxylic acids is 1. The van der Waals surface area contributed by atoms with Crippen LogP contribution >= 0.6 is 0 Å².